The first kappa shape index (κ1) is 20.8. The Bertz CT molecular complexity index is 981. The molecule has 0 amide bonds. The van der Waals surface area contributed by atoms with Gasteiger partial charge >= 0.3 is 0 Å². The molecule has 28 heavy (non-hydrogen) atoms. The molecule has 0 bridgehead atoms. The lowest BCUT2D eigenvalue weighted by molar-refractivity contribution is -0.119. The third-order valence-electron chi connectivity index (χ3n) is 5.67. The fourth-order valence-electron chi connectivity index (χ4n) is 4.57. The summed E-state index contributed by atoms with van der Waals surface area (Å²) in [4.78, 5) is 12.4. The van der Waals surface area contributed by atoms with E-state index in [1.807, 2.05) is 40.7 Å². The van der Waals surface area contributed by atoms with E-state index in [2.05, 4.69) is 6.07 Å². The highest BCUT2D eigenvalue weighted by Gasteiger charge is 2.44. The van der Waals surface area contributed by atoms with Gasteiger partial charge in [-0.05, 0) is 54.0 Å². The summed E-state index contributed by atoms with van der Waals surface area (Å²) in [5.41, 5.74) is 11.2. The van der Waals surface area contributed by atoms with E-state index in [0.717, 1.165) is 27.8 Å². The predicted octanol–water partition coefficient (Wildman–Crippen LogP) is 5.54. The normalized spacial score (nSPS) is 21.5. The van der Waals surface area contributed by atoms with Crippen molar-refractivity contribution in [1.29, 1.82) is 5.26 Å². The maximum Gasteiger partial charge on any atom is 0.205 e. The Morgan fingerprint density at radius 1 is 1.25 bits per heavy atom. The number of allylic oxidation sites excluding steroid dienone is 3. The molecular formula is C22H24Cl2N2O2. The summed E-state index contributed by atoms with van der Waals surface area (Å²) in [5.74, 6) is 0.0532. The molecule has 0 saturated carbocycles. The number of halogens is 2. The van der Waals surface area contributed by atoms with Crippen molar-refractivity contribution in [2.75, 3.05) is 0 Å². The van der Waals surface area contributed by atoms with E-state index in [9.17, 15) is 10.1 Å². The summed E-state index contributed by atoms with van der Waals surface area (Å²) >= 11 is 12.5. The van der Waals surface area contributed by atoms with Gasteiger partial charge in [0, 0.05) is 18.4 Å². The largest absolute Gasteiger partial charge is 0.444 e. The van der Waals surface area contributed by atoms with Crippen molar-refractivity contribution in [1.82, 2.24) is 0 Å². The SMILES string of the molecule is Cc1cc(C)c([C@@H]2C(C#N)=C(N)OC3=C2C(=O)CC(C)(C)C3)c(C)c1C(Cl)Cl. The van der Waals surface area contributed by atoms with Gasteiger partial charge < -0.3 is 10.5 Å². The maximum atomic E-state index is 13.1. The molecule has 0 unspecified atom stereocenters. The van der Waals surface area contributed by atoms with Gasteiger partial charge in [0.25, 0.3) is 0 Å². The molecule has 1 aliphatic carbocycles. The van der Waals surface area contributed by atoms with Crippen LogP contribution in [-0.4, -0.2) is 5.78 Å². The van der Waals surface area contributed by atoms with Gasteiger partial charge in [-0.25, -0.2) is 0 Å². The third kappa shape index (κ3) is 3.32. The topological polar surface area (TPSA) is 76.1 Å². The molecule has 2 N–H and O–H groups in total. The van der Waals surface area contributed by atoms with E-state index in [4.69, 9.17) is 33.7 Å². The van der Waals surface area contributed by atoms with Crippen LogP contribution in [0.15, 0.2) is 28.9 Å². The van der Waals surface area contributed by atoms with Crippen LogP contribution in [0.3, 0.4) is 0 Å². The fraction of sp³-hybridized carbons (Fsp3) is 0.455. The van der Waals surface area contributed by atoms with E-state index < -0.39 is 10.8 Å². The highest BCUT2D eigenvalue weighted by atomic mass is 35.5. The number of nitrogens with two attached hydrogens (primary N) is 1. The quantitative estimate of drug-likeness (QED) is 0.639. The van der Waals surface area contributed by atoms with Gasteiger partial charge in [-0.1, -0.05) is 19.9 Å². The average Bonchev–Trinajstić information content (AvgIpc) is 2.51. The minimum Gasteiger partial charge on any atom is -0.444 e. The summed E-state index contributed by atoms with van der Waals surface area (Å²) in [6.07, 6.45) is 0.989. The summed E-state index contributed by atoms with van der Waals surface area (Å²) in [7, 11) is 0. The molecule has 1 aromatic carbocycles. The molecule has 4 nitrogen and oxygen atoms in total. The van der Waals surface area contributed by atoms with Crippen LogP contribution in [0.4, 0.5) is 0 Å². The molecule has 0 radical (unpaired) electrons. The smallest absolute Gasteiger partial charge is 0.205 e. The number of nitrogens with zero attached hydrogens (tertiary/aromatic N) is 1. The lowest BCUT2D eigenvalue weighted by atomic mass is 9.69. The second kappa shape index (κ2) is 7.13. The Kier molecular flexibility index (Phi) is 5.29. The molecule has 1 aromatic rings. The van der Waals surface area contributed by atoms with Crippen molar-refractivity contribution < 1.29 is 9.53 Å². The summed E-state index contributed by atoms with van der Waals surface area (Å²) in [6, 6.07) is 4.17. The molecule has 0 spiro atoms. The van der Waals surface area contributed by atoms with E-state index in [0.29, 0.717) is 24.2 Å². The Hall–Kier alpha value is -1.96. The van der Waals surface area contributed by atoms with Gasteiger partial charge in [-0.3, -0.25) is 4.79 Å². The van der Waals surface area contributed by atoms with Crippen LogP contribution in [-0.2, 0) is 9.53 Å². The van der Waals surface area contributed by atoms with Crippen molar-refractivity contribution in [2.45, 2.75) is 58.2 Å². The molecule has 3 rings (SSSR count). The number of benzene rings is 1. The zero-order chi connectivity index (χ0) is 21.0. The lowest BCUT2D eigenvalue weighted by Crippen LogP contribution is -2.34. The van der Waals surface area contributed by atoms with Gasteiger partial charge in [0.15, 0.2) is 5.78 Å². The predicted molar refractivity (Wildman–Crippen MR) is 111 cm³/mol. The molecule has 0 fully saturated rings. The van der Waals surface area contributed by atoms with E-state index in [1.165, 1.54) is 0 Å². The summed E-state index contributed by atoms with van der Waals surface area (Å²) in [6.45, 7) is 9.90. The molecule has 1 atom stereocenters. The summed E-state index contributed by atoms with van der Waals surface area (Å²) in [5, 5.41) is 9.83. The number of hydrogen-bond donors (Lipinski definition) is 1. The fourth-order valence-corrected chi connectivity index (χ4v) is 5.24. The molecule has 2 aliphatic rings. The standard InChI is InChI=1S/C22H24Cl2N2O2/c1-10-6-11(2)17(20(23)24)12(3)16(10)18-13(9-25)21(26)28-15-8-22(4,5)7-14(27)19(15)18/h6,18,20H,7-8,26H2,1-5H3/t18-/m0/s1. The highest BCUT2D eigenvalue weighted by molar-refractivity contribution is 6.44. The van der Waals surface area contributed by atoms with Crippen molar-refractivity contribution >= 4 is 29.0 Å². The molecule has 6 heteroatoms. The van der Waals surface area contributed by atoms with Gasteiger partial charge in [0.2, 0.25) is 5.88 Å². The molecule has 1 aliphatic heterocycles. The number of alkyl halides is 2. The number of carbonyl (C=O) groups is 1. The Morgan fingerprint density at radius 3 is 2.46 bits per heavy atom. The average molecular weight is 419 g/mol. The lowest BCUT2D eigenvalue weighted by Gasteiger charge is -2.38. The van der Waals surface area contributed by atoms with E-state index >= 15 is 0 Å². The number of ether oxygens (including phenoxy) is 1. The second-order valence-electron chi connectivity index (χ2n) is 8.47. The zero-order valence-electron chi connectivity index (χ0n) is 16.7. The van der Waals surface area contributed by atoms with Crippen molar-refractivity contribution in [3.63, 3.8) is 0 Å². The first-order chi connectivity index (χ1) is 13.0. The first-order valence-electron chi connectivity index (χ1n) is 9.21. The number of ketones is 1. The van der Waals surface area contributed by atoms with Crippen LogP contribution < -0.4 is 5.73 Å². The molecule has 0 saturated heterocycles. The molecular weight excluding hydrogens is 395 g/mol. The van der Waals surface area contributed by atoms with E-state index in [-0.39, 0.29) is 22.7 Å². The van der Waals surface area contributed by atoms with Gasteiger partial charge in [0.1, 0.15) is 22.2 Å². The number of nitriles is 1. The molecule has 148 valence electrons. The van der Waals surface area contributed by atoms with Gasteiger partial charge in [-0.2, -0.15) is 5.26 Å². The van der Waals surface area contributed by atoms with Crippen molar-refractivity contribution in [3.05, 3.63) is 56.7 Å². The highest BCUT2D eigenvalue weighted by Crippen LogP contribution is 2.50. The third-order valence-corrected chi connectivity index (χ3v) is 6.11. The Labute approximate surface area is 175 Å². The van der Waals surface area contributed by atoms with Crippen LogP contribution in [0.25, 0.3) is 0 Å². The number of carbonyl (C=O) groups excluding carboxylic acids is 1. The van der Waals surface area contributed by atoms with Crippen LogP contribution in [0.2, 0.25) is 0 Å². The monoisotopic (exact) mass is 418 g/mol. The van der Waals surface area contributed by atoms with Gasteiger partial charge in [-0.15, -0.1) is 23.2 Å². The number of hydrogen-bond acceptors (Lipinski definition) is 4. The Balaban J connectivity index is 2.34. The van der Waals surface area contributed by atoms with Crippen LogP contribution in [0.1, 0.15) is 65.3 Å². The van der Waals surface area contributed by atoms with Crippen LogP contribution >= 0.6 is 23.2 Å². The Morgan fingerprint density at radius 2 is 1.89 bits per heavy atom. The van der Waals surface area contributed by atoms with E-state index in [1.54, 1.807) is 0 Å². The second-order valence-corrected chi connectivity index (χ2v) is 9.56. The number of aryl methyl sites for hydroxylation is 2. The van der Waals surface area contributed by atoms with Crippen molar-refractivity contribution in [3.8, 4) is 6.07 Å². The number of Topliss-reactive ketones (excluding diaryl/α,β-unsaturated/α-hetero) is 1. The molecule has 0 aromatic heterocycles. The maximum absolute atomic E-state index is 13.1. The van der Waals surface area contributed by atoms with Crippen LogP contribution in [0, 0.1) is 37.5 Å². The first-order valence-corrected chi connectivity index (χ1v) is 10.1. The summed E-state index contributed by atoms with van der Waals surface area (Å²) < 4.78 is 5.77. The number of rotatable bonds is 2. The van der Waals surface area contributed by atoms with Crippen molar-refractivity contribution in [2.24, 2.45) is 11.1 Å². The minimum atomic E-state index is -0.708. The van der Waals surface area contributed by atoms with Gasteiger partial charge in [0.05, 0.1) is 5.92 Å². The zero-order valence-corrected chi connectivity index (χ0v) is 18.3. The van der Waals surface area contributed by atoms with Crippen LogP contribution in [0.5, 0.6) is 0 Å². The minimum absolute atomic E-state index is 0.00859. The molecule has 1 heterocycles.